The van der Waals surface area contributed by atoms with Gasteiger partial charge in [0.1, 0.15) is 5.82 Å². The van der Waals surface area contributed by atoms with Crippen molar-refractivity contribution >= 4 is 22.8 Å². The van der Waals surface area contributed by atoms with Crippen molar-refractivity contribution in [3.8, 4) is 0 Å². The first-order chi connectivity index (χ1) is 11.5. The van der Waals surface area contributed by atoms with Crippen LogP contribution in [0.15, 0.2) is 24.3 Å². The summed E-state index contributed by atoms with van der Waals surface area (Å²) >= 11 is 0. The Morgan fingerprint density at radius 2 is 2.08 bits per heavy atom. The Hall–Kier alpha value is -2.50. The van der Waals surface area contributed by atoms with Gasteiger partial charge in [-0.15, -0.1) is 0 Å². The number of carbonyl (C=O) groups is 2. The Bertz CT molecular complexity index is 802. The molecule has 0 bridgehead atoms. The summed E-state index contributed by atoms with van der Waals surface area (Å²) in [5.41, 5.74) is 1.85. The first-order valence-electron chi connectivity index (χ1n) is 8.11. The number of pyridine rings is 1. The number of halogens is 1. The molecule has 126 valence electrons. The number of fused-ring (bicyclic) bond motifs is 1. The van der Waals surface area contributed by atoms with Crippen LogP contribution in [0.4, 0.5) is 4.39 Å². The molecule has 5 nitrogen and oxygen atoms in total. The first-order valence-corrected chi connectivity index (χ1v) is 8.11. The smallest absolute Gasteiger partial charge is 0.305 e. The zero-order valence-corrected chi connectivity index (χ0v) is 13.5. The summed E-state index contributed by atoms with van der Waals surface area (Å²) < 4.78 is 13.7. The van der Waals surface area contributed by atoms with E-state index in [9.17, 15) is 14.0 Å². The predicted octanol–water partition coefficient (Wildman–Crippen LogP) is 3.19. The summed E-state index contributed by atoms with van der Waals surface area (Å²) in [6, 6.07) is 5.98. The maximum Gasteiger partial charge on any atom is 0.305 e. The maximum atomic E-state index is 13.7. The van der Waals surface area contributed by atoms with Gasteiger partial charge in [0.25, 0.3) is 5.91 Å². The fraction of sp³-hybridized carbons (Fsp3) is 0.389. The number of aromatic nitrogens is 1. The van der Waals surface area contributed by atoms with E-state index in [2.05, 4.69) is 4.98 Å². The van der Waals surface area contributed by atoms with Crippen LogP contribution in [-0.4, -0.2) is 40.0 Å². The molecule has 0 atom stereocenters. The second kappa shape index (κ2) is 6.55. The number of benzene rings is 1. The summed E-state index contributed by atoms with van der Waals surface area (Å²) in [7, 11) is 0. The predicted molar refractivity (Wildman–Crippen MR) is 87.5 cm³/mol. The van der Waals surface area contributed by atoms with Gasteiger partial charge in [0, 0.05) is 30.1 Å². The van der Waals surface area contributed by atoms with Crippen molar-refractivity contribution < 1.29 is 19.1 Å². The van der Waals surface area contributed by atoms with Gasteiger partial charge in [0.2, 0.25) is 0 Å². The molecule has 1 aromatic heterocycles. The van der Waals surface area contributed by atoms with E-state index in [0.29, 0.717) is 28.9 Å². The summed E-state index contributed by atoms with van der Waals surface area (Å²) in [5, 5.41) is 9.32. The zero-order chi connectivity index (χ0) is 17.3. The summed E-state index contributed by atoms with van der Waals surface area (Å²) in [5.74, 6) is -1.30. The van der Waals surface area contributed by atoms with Gasteiger partial charge in [-0.2, -0.15) is 0 Å². The molecule has 6 heteroatoms. The van der Waals surface area contributed by atoms with Gasteiger partial charge in [-0.1, -0.05) is 0 Å². The Morgan fingerprint density at radius 3 is 2.71 bits per heavy atom. The van der Waals surface area contributed by atoms with Crippen LogP contribution in [-0.2, 0) is 4.79 Å². The molecule has 0 radical (unpaired) electrons. The van der Waals surface area contributed by atoms with Gasteiger partial charge in [-0.3, -0.25) is 14.6 Å². The number of rotatable bonds is 6. The Morgan fingerprint density at radius 1 is 1.33 bits per heavy atom. The quantitative estimate of drug-likeness (QED) is 0.883. The van der Waals surface area contributed by atoms with Crippen molar-refractivity contribution in [3.63, 3.8) is 0 Å². The molecule has 1 fully saturated rings. The minimum absolute atomic E-state index is 0.119. The Labute approximate surface area is 139 Å². The van der Waals surface area contributed by atoms with E-state index in [1.54, 1.807) is 19.1 Å². The van der Waals surface area contributed by atoms with E-state index in [0.717, 1.165) is 18.5 Å². The highest BCUT2D eigenvalue weighted by Crippen LogP contribution is 2.40. The Balaban J connectivity index is 2.03. The van der Waals surface area contributed by atoms with Gasteiger partial charge < -0.3 is 10.0 Å². The average molecular weight is 330 g/mol. The van der Waals surface area contributed by atoms with Crippen LogP contribution < -0.4 is 0 Å². The van der Waals surface area contributed by atoms with Gasteiger partial charge in [0.15, 0.2) is 0 Å². The molecule has 24 heavy (non-hydrogen) atoms. The van der Waals surface area contributed by atoms with E-state index in [-0.39, 0.29) is 18.9 Å². The Kier molecular flexibility index (Phi) is 4.46. The molecule has 0 unspecified atom stereocenters. The standard InChI is InChI=1S/C18H19FN2O3/c1-2-21(8-7-17(22)23)18(24)14-10-16(11-3-4-11)20-15-6-5-12(19)9-13(14)15/h5-6,9-11H,2-4,7-8H2,1H3,(H,22,23). The summed E-state index contributed by atoms with van der Waals surface area (Å²) in [6.07, 6.45) is 1.97. The average Bonchev–Trinajstić information content (AvgIpc) is 3.39. The maximum absolute atomic E-state index is 13.7. The summed E-state index contributed by atoms with van der Waals surface area (Å²) in [6.45, 7) is 2.32. The number of amides is 1. The fourth-order valence-corrected chi connectivity index (χ4v) is 2.79. The van der Waals surface area contributed by atoms with E-state index < -0.39 is 11.8 Å². The van der Waals surface area contributed by atoms with Crippen LogP contribution in [0.25, 0.3) is 10.9 Å². The lowest BCUT2D eigenvalue weighted by molar-refractivity contribution is -0.137. The van der Waals surface area contributed by atoms with Crippen LogP contribution in [0.5, 0.6) is 0 Å². The van der Waals surface area contributed by atoms with Gasteiger partial charge in [0.05, 0.1) is 17.5 Å². The third-order valence-electron chi connectivity index (χ3n) is 4.28. The SMILES string of the molecule is CCN(CCC(=O)O)C(=O)c1cc(C2CC2)nc2ccc(F)cc12. The van der Waals surface area contributed by atoms with E-state index in [1.807, 2.05) is 0 Å². The molecule has 0 saturated heterocycles. The molecule has 1 aliphatic carbocycles. The van der Waals surface area contributed by atoms with E-state index in [4.69, 9.17) is 5.11 Å². The normalized spacial score (nSPS) is 13.9. The van der Waals surface area contributed by atoms with Crippen LogP contribution in [0.2, 0.25) is 0 Å². The molecule has 3 rings (SSSR count). The number of carboxylic acids is 1. The summed E-state index contributed by atoms with van der Waals surface area (Å²) in [4.78, 5) is 29.7. The van der Waals surface area contributed by atoms with Crippen molar-refractivity contribution in [2.75, 3.05) is 13.1 Å². The molecule has 0 spiro atoms. The first kappa shape index (κ1) is 16.4. The second-order valence-corrected chi connectivity index (χ2v) is 6.06. The molecule has 1 aromatic carbocycles. The van der Waals surface area contributed by atoms with Crippen LogP contribution in [0.3, 0.4) is 0 Å². The molecular weight excluding hydrogens is 311 g/mol. The lowest BCUT2D eigenvalue weighted by Gasteiger charge is -2.21. The third-order valence-corrected chi connectivity index (χ3v) is 4.28. The highest BCUT2D eigenvalue weighted by atomic mass is 19.1. The van der Waals surface area contributed by atoms with Gasteiger partial charge in [-0.25, -0.2) is 4.39 Å². The van der Waals surface area contributed by atoms with Crippen LogP contribution in [0, 0.1) is 5.82 Å². The van der Waals surface area contributed by atoms with Gasteiger partial charge >= 0.3 is 5.97 Å². The monoisotopic (exact) mass is 330 g/mol. The zero-order valence-electron chi connectivity index (χ0n) is 13.5. The number of hydrogen-bond donors (Lipinski definition) is 1. The van der Waals surface area contributed by atoms with Crippen molar-refractivity contribution in [2.45, 2.75) is 32.1 Å². The number of aliphatic carboxylic acids is 1. The topological polar surface area (TPSA) is 70.5 Å². The highest BCUT2D eigenvalue weighted by Gasteiger charge is 2.28. The second-order valence-electron chi connectivity index (χ2n) is 6.06. The number of carboxylic acid groups (broad SMARTS) is 1. The number of nitrogens with zero attached hydrogens (tertiary/aromatic N) is 2. The van der Waals surface area contributed by atoms with Crippen molar-refractivity contribution in [3.05, 3.63) is 41.3 Å². The van der Waals surface area contributed by atoms with Crippen molar-refractivity contribution in [1.29, 1.82) is 0 Å². The fourth-order valence-electron chi connectivity index (χ4n) is 2.79. The molecule has 1 N–H and O–H groups in total. The highest BCUT2D eigenvalue weighted by molar-refractivity contribution is 6.06. The molecule has 1 amide bonds. The van der Waals surface area contributed by atoms with E-state index in [1.165, 1.54) is 17.0 Å². The lowest BCUT2D eigenvalue weighted by Crippen LogP contribution is -2.33. The molecular formula is C18H19FN2O3. The van der Waals surface area contributed by atoms with E-state index >= 15 is 0 Å². The minimum Gasteiger partial charge on any atom is -0.481 e. The van der Waals surface area contributed by atoms with Crippen molar-refractivity contribution in [2.24, 2.45) is 0 Å². The molecule has 1 aliphatic rings. The van der Waals surface area contributed by atoms with Crippen LogP contribution >= 0.6 is 0 Å². The van der Waals surface area contributed by atoms with Crippen molar-refractivity contribution in [1.82, 2.24) is 9.88 Å². The largest absolute Gasteiger partial charge is 0.481 e. The molecule has 2 aromatic rings. The minimum atomic E-state index is -0.953. The lowest BCUT2D eigenvalue weighted by atomic mass is 10.0. The van der Waals surface area contributed by atoms with Gasteiger partial charge in [-0.05, 0) is 44.0 Å². The molecule has 1 heterocycles. The number of carbonyl (C=O) groups excluding carboxylic acids is 1. The van der Waals surface area contributed by atoms with Crippen LogP contribution in [0.1, 0.15) is 48.2 Å². The number of hydrogen-bond acceptors (Lipinski definition) is 3. The molecule has 0 aliphatic heterocycles. The third kappa shape index (κ3) is 3.37. The molecule has 1 saturated carbocycles.